The van der Waals surface area contributed by atoms with Gasteiger partial charge in [0.05, 0.1) is 12.8 Å². The molecule has 0 bridgehead atoms. The van der Waals surface area contributed by atoms with Crippen molar-refractivity contribution >= 4 is 17.4 Å². The van der Waals surface area contributed by atoms with Gasteiger partial charge in [-0.05, 0) is 25.1 Å². The lowest BCUT2D eigenvalue weighted by molar-refractivity contribution is 0.414. The predicted octanol–water partition coefficient (Wildman–Crippen LogP) is 1.93. The third kappa shape index (κ3) is 2.38. The molecule has 1 aliphatic rings. The highest BCUT2D eigenvalue weighted by atomic mass is 32.2. The van der Waals surface area contributed by atoms with E-state index in [-0.39, 0.29) is 0 Å². The number of rotatable bonds is 3. The second-order valence-corrected chi connectivity index (χ2v) is 4.65. The van der Waals surface area contributed by atoms with Crippen LogP contribution in [0.4, 0.5) is 5.69 Å². The van der Waals surface area contributed by atoms with Crippen molar-refractivity contribution in [2.24, 2.45) is 5.73 Å². The van der Waals surface area contributed by atoms with Crippen molar-refractivity contribution < 1.29 is 4.74 Å². The number of methoxy groups -OCH3 is 1. The molecule has 2 rings (SSSR count). The third-order valence-corrected chi connectivity index (χ3v) is 3.74. The van der Waals surface area contributed by atoms with Crippen molar-refractivity contribution in [1.82, 2.24) is 0 Å². The van der Waals surface area contributed by atoms with Crippen LogP contribution in [0.1, 0.15) is 6.42 Å². The van der Waals surface area contributed by atoms with Crippen LogP contribution in [-0.4, -0.2) is 25.4 Å². The van der Waals surface area contributed by atoms with E-state index < -0.39 is 0 Å². The first kappa shape index (κ1) is 10.6. The molecule has 82 valence electrons. The van der Waals surface area contributed by atoms with Gasteiger partial charge in [-0.3, -0.25) is 0 Å². The van der Waals surface area contributed by atoms with Crippen LogP contribution in [-0.2, 0) is 0 Å². The second kappa shape index (κ2) is 4.77. The fourth-order valence-electron chi connectivity index (χ4n) is 1.68. The molecule has 1 atom stereocenters. The molecular weight excluding hydrogens is 208 g/mol. The Morgan fingerprint density at radius 2 is 2.47 bits per heavy atom. The van der Waals surface area contributed by atoms with Gasteiger partial charge in [0.2, 0.25) is 0 Å². The molecule has 1 aromatic rings. The van der Waals surface area contributed by atoms with Gasteiger partial charge in [-0.15, -0.1) is 11.8 Å². The Kier molecular flexibility index (Phi) is 3.38. The Labute approximate surface area is 94.4 Å². The van der Waals surface area contributed by atoms with E-state index in [4.69, 9.17) is 10.5 Å². The summed E-state index contributed by atoms with van der Waals surface area (Å²) in [5.74, 6) is 1.99. The maximum absolute atomic E-state index is 5.56. The summed E-state index contributed by atoms with van der Waals surface area (Å²) in [7, 11) is 1.69. The van der Waals surface area contributed by atoms with Crippen LogP contribution in [0.15, 0.2) is 23.1 Å². The number of hydrogen-bond acceptors (Lipinski definition) is 4. The van der Waals surface area contributed by atoms with Gasteiger partial charge < -0.3 is 15.8 Å². The number of anilines is 1. The maximum Gasteiger partial charge on any atom is 0.121 e. The first-order valence-corrected chi connectivity index (χ1v) is 6.09. The van der Waals surface area contributed by atoms with Crippen LogP contribution < -0.4 is 15.8 Å². The Hall–Kier alpha value is -0.870. The number of nitrogens with one attached hydrogen (secondary N) is 1. The van der Waals surface area contributed by atoms with Gasteiger partial charge >= 0.3 is 0 Å². The Balaban J connectivity index is 2.16. The van der Waals surface area contributed by atoms with E-state index in [0.29, 0.717) is 6.04 Å². The van der Waals surface area contributed by atoms with Crippen molar-refractivity contribution in [3.8, 4) is 5.75 Å². The van der Waals surface area contributed by atoms with E-state index >= 15 is 0 Å². The Morgan fingerprint density at radius 1 is 1.60 bits per heavy atom. The number of hydrogen-bond donors (Lipinski definition) is 2. The fraction of sp³-hybridized carbons (Fsp3) is 0.455. The first-order valence-electron chi connectivity index (χ1n) is 5.11. The molecule has 15 heavy (non-hydrogen) atoms. The molecule has 1 aliphatic heterocycles. The van der Waals surface area contributed by atoms with Gasteiger partial charge in [-0.2, -0.15) is 0 Å². The van der Waals surface area contributed by atoms with E-state index in [2.05, 4.69) is 11.4 Å². The summed E-state index contributed by atoms with van der Waals surface area (Å²) in [5.41, 5.74) is 6.73. The highest BCUT2D eigenvalue weighted by molar-refractivity contribution is 7.99. The molecule has 0 radical (unpaired) electrons. The van der Waals surface area contributed by atoms with Gasteiger partial charge in [0.1, 0.15) is 5.75 Å². The summed E-state index contributed by atoms with van der Waals surface area (Å²) >= 11 is 1.88. The highest BCUT2D eigenvalue weighted by Gasteiger charge is 2.17. The maximum atomic E-state index is 5.56. The van der Waals surface area contributed by atoms with Gasteiger partial charge in [0.15, 0.2) is 0 Å². The molecule has 0 amide bonds. The quantitative estimate of drug-likeness (QED) is 0.823. The number of nitrogens with two attached hydrogens (primary N) is 1. The molecule has 4 heteroatoms. The molecule has 1 heterocycles. The van der Waals surface area contributed by atoms with Crippen LogP contribution >= 0.6 is 11.8 Å². The van der Waals surface area contributed by atoms with Gasteiger partial charge in [0.25, 0.3) is 0 Å². The minimum Gasteiger partial charge on any atom is -0.497 e. The monoisotopic (exact) mass is 224 g/mol. The largest absolute Gasteiger partial charge is 0.497 e. The molecule has 0 aliphatic carbocycles. The number of fused-ring (bicyclic) bond motifs is 1. The summed E-state index contributed by atoms with van der Waals surface area (Å²) in [6.45, 7) is 0.734. The Bertz CT molecular complexity index is 343. The van der Waals surface area contributed by atoms with Crippen molar-refractivity contribution in [2.75, 3.05) is 24.7 Å². The van der Waals surface area contributed by atoms with Gasteiger partial charge in [-0.25, -0.2) is 0 Å². The second-order valence-electron chi connectivity index (χ2n) is 3.59. The molecule has 0 aromatic heterocycles. The summed E-state index contributed by atoms with van der Waals surface area (Å²) in [5, 5.41) is 3.49. The molecule has 1 unspecified atom stereocenters. The zero-order valence-corrected chi connectivity index (χ0v) is 9.64. The molecule has 0 spiro atoms. The summed E-state index contributed by atoms with van der Waals surface area (Å²) in [6.07, 6.45) is 1.02. The standard InChI is InChI=1S/C11H16N2OS/c1-14-9-2-3-11-10(6-9)13-8(4-5-12)7-15-11/h2-3,6,8,13H,4-5,7,12H2,1H3. The molecule has 0 saturated heterocycles. The highest BCUT2D eigenvalue weighted by Crippen LogP contribution is 2.36. The topological polar surface area (TPSA) is 47.3 Å². The Morgan fingerprint density at radius 3 is 3.20 bits per heavy atom. The summed E-state index contributed by atoms with van der Waals surface area (Å²) in [6, 6.07) is 6.63. The van der Waals surface area contributed by atoms with Crippen molar-refractivity contribution in [3.63, 3.8) is 0 Å². The zero-order chi connectivity index (χ0) is 10.7. The molecular formula is C11H16N2OS. The van der Waals surface area contributed by atoms with Crippen molar-refractivity contribution in [3.05, 3.63) is 18.2 Å². The van der Waals surface area contributed by atoms with Crippen LogP contribution in [0.25, 0.3) is 0 Å². The number of ether oxygens (including phenoxy) is 1. The van der Waals surface area contributed by atoms with E-state index in [1.807, 2.05) is 23.9 Å². The molecule has 3 nitrogen and oxygen atoms in total. The lowest BCUT2D eigenvalue weighted by Crippen LogP contribution is -2.28. The molecule has 1 aromatic carbocycles. The predicted molar refractivity (Wildman–Crippen MR) is 64.8 cm³/mol. The minimum atomic E-state index is 0.486. The van der Waals surface area contributed by atoms with E-state index in [1.54, 1.807) is 7.11 Å². The molecule has 0 fully saturated rings. The summed E-state index contributed by atoms with van der Waals surface area (Å²) < 4.78 is 5.20. The smallest absolute Gasteiger partial charge is 0.121 e. The summed E-state index contributed by atoms with van der Waals surface area (Å²) in [4.78, 5) is 1.30. The minimum absolute atomic E-state index is 0.486. The zero-order valence-electron chi connectivity index (χ0n) is 8.82. The van der Waals surface area contributed by atoms with Gasteiger partial charge in [0, 0.05) is 22.8 Å². The number of thioether (sulfide) groups is 1. The van der Waals surface area contributed by atoms with Crippen LogP contribution in [0.3, 0.4) is 0 Å². The average molecular weight is 224 g/mol. The van der Waals surface area contributed by atoms with E-state index in [1.165, 1.54) is 10.6 Å². The average Bonchev–Trinajstić information content (AvgIpc) is 2.28. The normalized spacial score (nSPS) is 19.2. The molecule has 0 saturated carbocycles. The molecule has 3 N–H and O–H groups in total. The van der Waals surface area contributed by atoms with Crippen molar-refractivity contribution in [2.45, 2.75) is 17.4 Å². The lowest BCUT2D eigenvalue weighted by Gasteiger charge is -2.26. The van der Waals surface area contributed by atoms with Gasteiger partial charge in [-0.1, -0.05) is 0 Å². The van der Waals surface area contributed by atoms with Crippen molar-refractivity contribution in [1.29, 1.82) is 0 Å². The first-order chi connectivity index (χ1) is 7.33. The number of benzene rings is 1. The van der Waals surface area contributed by atoms with Crippen LogP contribution in [0.5, 0.6) is 5.75 Å². The van der Waals surface area contributed by atoms with Crippen LogP contribution in [0, 0.1) is 0 Å². The fourth-order valence-corrected chi connectivity index (χ4v) is 2.75. The lowest BCUT2D eigenvalue weighted by atomic mass is 10.2. The van der Waals surface area contributed by atoms with Crippen LogP contribution in [0.2, 0.25) is 0 Å². The van der Waals surface area contributed by atoms with E-state index in [9.17, 15) is 0 Å². The SMILES string of the molecule is COc1ccc2c(c1)NC(CCN)CS2. The third-order valence-electron chi connectivity index (χ3n) is 2.50. The van der Waals surface area contributed by atoms with E-state index in [0.717, 1.165) is 24.5 Å².